The van der Waals surface area contributed by atoms with Gasteiger partial charge in [-0.15, -0.1) is 0 Å². The van der Waals surface area contributed by atoms with Gasteiger partial charge in [-0.3, -0.25) is 4.79 Å². The molecule has 1 aromatic heterocycles. The molecule has 0 radical (unpaired) electrons. The zero-order chi connectivity index (χ0) is 20.4. The van der Waals surface area contributed by atoms with Crippen LogP contribution in [0.4, 0.5) is 0 Å². The lowest BCUT2D eigenvalue weighted by molar-refractivity contribution is -0.139. The molecule has 1 saturated heterocycles. The van der Waals surface area contributed by atoms with Gasteiger partial charge in [-0.25, -0.2) is 9.97 Å². The summed E-state index contributed by atoms with van der Waals surface area (Å²) in [5, 5.41) is 3.35. The van der Waals surface area contributed by atoms with Gasteiger partial charge in [0.1, 0.15) is 11.6 Å². The molecule has 2 aliphatic heterocycles. The molecule has 2 aliphatic rings. The summed E-state index contributed by atoms with van der Waals surface area (Å²) in [6.07, 6.45) is 4.38. The molecule has 1 aromatic carbocycles. The average Bonchev–Trinajstić information content (AvgIpc) is 2.75. The Kier molecular flexibility index (Phi) is 5.81. The molecule has 2 aromatic rings. The van der Waals surface area contributed by atoms with Gasteiger partial charge in [-0.05, 0) is 45.2 Å². The fourth-order valence-corrected chi connectivity index (χ4v) is 4.27. The normalized spacial score (nSPS) is 20.1. The first-order valence-corrected chi connectivity index (χ1v) is 10.6. The minimum absolute atomic E-state index is 0.0387. The maximum atomic E-state index is 13.0. The fourth-order valence-electron chi connectivity index (χ4n) is 4.27. The van der Waals surface area contributed by atoms with E-state index >= 15 is 0 Å². The molecule has 154 valence electrons. The van der Waals surface area contributed by atoms with Gasteiger partial charge in [0.05, 0.1) is 0 Å². The Hall–Kier alpha value is -2.47. The molecule has 0 saturated carbocycles. The lowest BCUT2D eigenvalue weighted by Gasteiger charge is -2.34. The number of piperidine rings is 1. The first kappa shape index (κ1) is 19.8. The van der Waals surface area contributed by atoms with Crippen LogP contribution in [0.25, 0.3) is 0 Å². The summed E-state index contributed by atoms with van der Waals surface area (Å²) in [6.45, 7) is 9.15. The molecular weight excluding hydrogens is 364 g/mol. The van der Waals surface area contributed by atoms with Crippen molar-refractivity contribution < 1.29 is 9.53 Å². The number of hydrogen-bond donors (Lipinski definition) is 1. The smallest absolute Gasteiger partial charge is 0.263 e. The third-order valence-corrected chi connectivity index (χ3v) is 5.91. The number of nitrogens with one attached hydrogen (secondary N) is 1. The van der Waals surface area contributed by atoms with Crippen LogP contribution in [0.3, 0.4) is 0 Å². The molecule has 0 bridgehead atoms. The molecule has 0 spiro atoms. The summed E-state index contributed by atoms with van der Waals surface area (Å²) in [6, 6.07) is 6.04. The van der Waals surface area contributed by atoms with E-state index in [2.05, 4.69) is 23.3 Å². The van der Waals surface area contributed by atoms with E-state index < -0.39 is 6.10 Å². The molecular formula is C23H30N4O2. The lowest BCUT2D eigenvalue weighted by atomic mass is 9.96. The van der Waals surface area contributed by atoms with Crippen LogP contribution in [0.15, 0.2) is 24.4 Å². The Bertz CT molecular complexity index is 898. The summed E-state index contributed by atoms with van der Waals surface area (Å²) in [4.78, 5) is 24.4. The standard InChI is InChI=1S/C23H30N4O2/c1-15-6-7-21(16(2)11-15)29-17(3)23(28)27-10-4-5-18(14-27)22-25-13-19-12-24-9-8-20(19)26-22/h6-7,11,13,17-18,24H,4-5,8-10,12,14H2,1-3H3/t17-,18+/m0/s1. The molecule has 6 nitrogen and oxygen atoms in total. The van der Waals surface area contributed by atoms with Crippen molar-refractivity contribution in [2.24, 2.45) is 0 Å². The van der Waals surface area contributed by atoms with E-state index in [4.69, 9.17) is 9.72 Å². The number of aryl methyl sites for hydroxylation is 2. The largest absolute Gasteiger partial charge is 0.481 e. The van der Waals surface area contributed by atoms with Gasteiger partial charge in [-0.2, -0.15) is 0 Å². The Balaban J connectivity index is 1.43. The lowest BCUT2D eigenvalue weighted by Crippen LogP contribution is -2.45. The van der Waals surface area contributed by atoms with E-state index in [0.29, 0.717) is 6.54 Å². The van der Waals surface area contributed by atoms with E-state index in [9.17, 15) is 4.79 Å². The molecule has 29 heavy (non-hydrogen) atoms. The number of likely N-dealkylation sites (tertiary alicyclic amines) is 1. The quantitative estimate of drug-likeness (QED) is 0.864. The van der Waals surface area contributed by atoms with Crippen LogP contribution in [0, 0.1) is 13.8 Å². The van der Waals surface area contributed by atoms with Crippen molar-refractivity contribution in [1.82, 2.24) is 20.2 Å². The number of nitrogens with zero attached hydrogens (tertiary/aromatic N) is 3. The molecule has 1 amide bonds. The number of benzene rings is 1. The number of rotatable bonds is 4. The van der Waals surface area contributed by atoms with Crippen molar-refractivity contribution in [1.29, 1.82) is 0 Å². The first-order valence-electron chi connectivity index (χ1n) is 10.6. The Labute approximate surface area is 172 Å². The SMILES string of the molecule is Cc1ccc(O[C@@H](C)C(=O)N2CCC[C@@H](c3ncc4c(n3)CCNC4)C2)c(C)c1. The predicted molar refractivity (Wildman–Crippen MR) is 112 cm³/mol. The summed E-state index contributed by atoms with van der Waals surface area (Å²) in [5.74, 6) is 1.89. The van der Waals surface area contributed by atoms with Crippen molar-refractivity contribution in [2.75, 3.05) is 19.6 Å². The predicted octanol–water partition coefficient (Wildman–Crippen LogP) is 2.91. The monoisotopic (exact) mass is 394 g/mol. The van der Waals surface area contributed by atoms with Gasteiger partial charge in [0.15, 0.2) is 6.10 Å². The Morgan fingerprint density at radius 2 is 2.21 bits per heavy atom. The van der Waals surface area contributed by atoms with Crippen molar-refractivity contribution in [3.05, 3.63) is 52.6 Å². The zero-order valence-corrected chi connectivity index (χ0v) is 17.6. The number of ether oxygens (including phenoxy) is 1. The van der Waals surface area contributed by atoms with Crippen molar-refractivity contribution in [2.45, 2.75) is 58.6 Å². The van der Waals surface area contributed by atoms with Gasteiger partial charge in [-0.1, -0.05) is 17.7 Å². The highest BCUT2D eigenvalue weighted by atomic mass is 16.5. The highest BCUT2D eigenvalue weighted by Gasteiger charge is 2.30. The number of fused-ring (bicyclic) bond motifs is 1. The Morgan fingerprint density at radius 1 is 1.34 bits per heavy atom. The van der Waals surface area contributed by atoms with Crippen molar-refractivity contribution >= 4 is 5.91 Å². The van der Waals surface area contributed by atoms with Gasteiger partial charge < -0.3 is 15.0 Å². The summed E-state index contributed by atoms with van der Waals surface area (Å²) in [7, 11) is 0. The highest BCUT2D eigenvalue weighted by molar-refractivity contribution is 5.81. The summed E-state index contributed by atoms with van der Waals surface area (Å²) in [5.41, 5.74) is 4.59. The zero-order valence-electron chi connectivity index (χ0n) is 17.6. The van der Waals surface area contributed by atoms with Crippen LogP contribution >= 0.6 is 0 Å². The molecule has 0 unspecified atom stereocenters. The number of aromatic nitrogens is 2. The van der Waals surface area contributed by atoms with Gasteiger partial charge in [0.25, 0.3) is 5.91 Å². The summed E-state index contributed by atoms with van der Waals surface area (Å²) < 4.78 is 6.00. The second-order valence-electron chi connectivity index (χ2n) is 8.28. The number of carbonyl (C=O) groups excluding carboxylic acids is 1. The van der Waals surface area contributed by atoms with Crippen LogP contribution in [-0.4, -0.2) is 46.5 Å². The van der Waals surface area contributed by atoms with E-state index in [1.165, 1.54) is 11.1 Å². The maximum Gasteiger partial charge on any atom is 0.263 e. The second-order valence-corrected chi connectivity index (χ2v) is 8.28. The van der Waals surface area contributed by atoms with E-state index in [1.807, 2.05) is 37.1 Å². The van der Waals surface area contributed by atoms with Crippen LogP contribution < -0.4 is 10.1 Å². The topological polar surface area (TPSA) is 67.3 Å². The molecule has 0 aliphatic carbocycles. The number of hydrogen-bond acceptors (Lipinski definition) is 5. The highest BCUT2D eigenvalue weighted by Crippen LogP contribution is 2.27. The van der Waals surface area contributed by atoms with E-state index in [1.54, 1.807) is 0 Å². The van der Waals surface area contributed by atoms with Crippen LogP contribution in [0.1, 0.15) is 53.9 Å². The molecule has 4 rings (SSSR count). The number of amides is 1. The van der Waals surface area contributed by atoms with Gasteiger partial charge >= 0.3 is 0 Å². The van der Waals surface area contributed by atoms with Crippen LogP contribution in [-0.2, 0) is 17.8 Å². The van der Waals surface area contributed by atoms with Crippen LogP contribution in [0.5, 0.6) is 5.75 Å². The summed E-state index contributed by atoms with van der Waals surface area (Å²) >= 11 is 0. The van der Waals surface area contributed by atoms with E-state index in [0.717, 1.165) is 61.7 Å². The molecule has 1 N–H and O–H groups in total. The average molecular weight is 395 g/mol. The van der Waals surface area contributed by atoms with Crippen molar-refractivity contribution in [3.8, 4) is 5.75 Å². The van der Waals surface area contributed by atoms with Gasteiger partial charge in [0.2, 0.25) is 0 Å². The molecule has 6 heteroatoms. The maximum absolute atomic E-state index is 13.0. The fraction of sp³-hybridized carbons (Fsp3) is 0.522. The first-order chi connectivity index (χ1) is 14.0. The van der Waals surface area contributed by atoms with E-state index in [-0.39, 0.29) is 11.8 Å². The Morgan fingerprint density at radius 3 is 3.03 bits per heavy atom. The third kappa shape index (κ3) is 4.42. The van der Waals surface area contributed by atoms with Gasteiger partial charge in [0, 0.05) is 56.0 Å². The minimum atomic E-state index is -0.509. The molecule has 1 fully saturated rings. The number of carbonyl (C=O) groups is 1. The molecule has 2 atom stereocenters. The van der Waals surface area contributed by atoms with Crippen molar-refractivity contribution in [3.63, 3.8) is 0 Å². The van der Waals surface area contributed by atoms with Crippen LogP contribution in [0.2, 0.25) is 0 Å². The third-order valence-electron chi connectivity index (χ3n) is 5.91. The second kappa shape index (κ2) is 8.49. The minimum Gasteiger partial charge on any atom is -0.481 e. The molecule has 3 heterocycles.